The van der Waals surface area contributed by atoms with Crippen molar-refractivity contribution in [1.29, 1.82) is 0 Å². The van der Waals surface area contributed by atoms with Gasteiger partial charge >= 0.3 is 0 Å². The van der Waals surface area contributed by atoms with Gasteiger partial charge in [-0.15, -0.1) is 0 Å². The Hall–Kier alpha value is -8.41. The van der Waals surface area contributed by atoms with E-state index in [2.05, 4.69) is 197 Å². The molecule has 15 rings (SSSR count). The molecule has 15 aromatic rings. The van der Waals surface area contributed by atoms with Crippen LogP contribution in [0.5, 0.6) is 0 Å². The molecule has 4 heterocycles. The quantitative estimate of drug-likeness (QED) is 0.168. The fraction of sp³-hybridized carbons (Fsp3) is 0. The fourth-order valence-corrected chi connectivity index (χ4v) is 10.9. The van der Waals surface area contributed by atoms with Crippen LogP contribution in [0.1, 0.15) is 0 Å². The average Bonchev–Trinajstić information content (AvgIpc) is 3.82. The first kappa shape index (κ1) is 32.4. The predicted octanol–water partition coefficient (Wildman–Crippen LogP) is 14.7. The summed E-state index contributed by atoms with van der Waals surface area (Å²) >= 11 is 0. The van der Waals surface area contributed by atoms with Gasteiger partial charge in [0.15, 0.2) is 11.6 Å². The highest BCUT2D eigenvalue weighted by molar-refractivity contribution is 6.37. The molecule has 284 valence electrons. The molecule has 4 aromatic heterocycles. The van der Waals surface area contributed by atoms with Crippen molar-refractivity contribution in [1.82, 2.24) is 23.9 Å². The highest BCUT2D eigenvalue weighted by Gasteiger charge is 2.26. The molecule has 11 aromatic carbocycles. The van der Waals surface area contributed by atoms with Crippen molar-refractivity contribution in [3.63, 3.8) is 0 Å². The molecule has 0 bridgehead atoms. The normalized spacial score (nSPS) is 12.5. The maximum absolute atomic E-state index is 5.47. The maximum Gasteiger partial charge on any atom is 0.238 e. The maximum atomic E-state index is 5.47. The molecule has 0 radical (unpaired) electrons. The van der Waals surface area contributed by atoms with Crippen LogP contribution in [0.15, 0.2) is 188 Å². The summed E-state index contributed by atoms with van der Waals surface area (Å²) < 4.78 is 4.79. The number of fused-ring (bicyclic) bond motifs is 10. The topological polar surface area (TPSA) is 48.0 Å². The van der Waals surface area contributed by atoms with Crippen molar-refractivity contribution in [3.8, 4) is 28.7 Å². The number of rotatable bonds is 3. The van der Waals surface area contributed by atoms with Crippen molar-refractivity contribution >= 4 is 114 Å². The van der Waals surface area contributed by atoms with E-state index in [0.717, 1.165) is 27.5 Å². The monoisotopic (exact) mass is 785 g/mol. The lowest BCUT2D eigenvalue weighted by atomic mass is 9.98. The van der Waals surface area contributed by atoms with Crippen molar-refractivity contribution < 1.29 is 0 Å². The predicted molar refractivity (Wildman–Crippen MR) is 258 cm³/mol. The molecule has 0 fully saturated rings. The third-order valence-corrected chi connectivity index (χ3v) is 13.6. The summed E-state index contributed by atoms with van der Waals surface area (Å²) in [6.45, 7) is 0. The van der Waals surface area contributed by atoms with Crippen LogP contribution in [-0.4, -0.2) is 23.9 Å². The summed E-state index contributed by atoms with van der Waals surface area (Å²) in [5.41, 5.74) is 7.66. The molecule has 0 aliphatic carbocycles. The van der Waals surface area contributed by atoms with Crippen LogP contribution in [0, 0.1) is 0 Å². The molecular weight excluding hydrogens is 755 g/mol. The summed E-state index contributed by atoms with van der Waals surface area (Å²) in [5, 5.41) is 19.4. The molecule has 0 N–H and O–H groups in total. The smallest absolute Gasteiger partial charge is 0.238 e. The zero-order valence-electron chi connectivity index (χ0n) is 33.1. The summed E-state index contributed by atoms with van der Waals surface area (Å²) in [7, 11) is 0. The minimum atomic E-state index is 0.589. The van der Waals surface area contributed by atoms with Crippen molar-refractivity contribution in [2.75, 3.05) is 0 Å². The van der Waals surface area contributed by atoms with E-state index in [-0.39, 0.29) is 0 Å². The summed E-state index contributed by atoms with van der Waals surface area (Å²) in [6.07, 6.45) is 0. The van der Waals surface area contributed by atoms with E-state index in [1.54, 1.807) is 0 Å². The SMILES string of the molecule is c1ccc2c(c1)ccc1cc(-c3nc(-c4ccc5ccc6ccccc6c5c4)nc(-n4c5ccc6cccc7c6c5c5c6c(ccc8c9ccccc9n7c86)ccc54)n3)ccc12. The third-order valence-electron chi connectivity index (χ3n) is 13.6. The lowest BCUT2D eigenvalue weighted by Gasteiger charge is -2.13. The van der Waals surface area contributed by atoms with Gasteiger partial charge in [-0.1, -0.05) is 152 Å². The van der Waals surface area contributed by atoms with Gasteiger partial charge in [0, 0.05) is 43.4 Å². The van der Waals surface area contributed by atoms with E-state index in [4.69, 9.17) is 15.0 Å². The summed E-state index contributed by atoms with van der Waals surface area (Å²) in [5.74, 6) is 1.85. The van der Waals surface area contributed by atoms with Gasteiger partial charge in [-0.05, 0) is 90.3 Å². The largest absolute Gasteiger partial charge is 0.308 e. The number of hydrogen-bond acceptors (Lipinski definition) is 3. The van der Waals surface area contributed by atoms with Crippen LogP contribution in [0.4, 0.5) is 0 Å². The minimum Gasteiger partial charge on any atom is -0.308 e. The van der Waals surface area contributed by atoms with Gasteiger partial charge in [0.25, 0.3) is 0 Å². The molecule has 0 aliphatic rings. The standard InChI is InChI=1S/C57H31N5/c1-3-11-40-32(8-1)18-20-37-30-38(23-26-42(37)40)55-58-56(39-21-19-34-17-16-33-9-2-4-12-41(33)45(34)31-39)60-57(59-55)62-48-28-24-35-10-7-15-47-50(35)52(48)53-49(62)29-25-36-22-27-44-43-13-5-6-14-46(43)61(47)54(44)51(36)53/h1-31H. The first-order chi connectivity index (χ1) is 30.7. The molecule has 0 saturated heterocycles. The van der Waals surface area contributed by atoms with E-state index in [1.807, 2.05) is 0 Å². The second kappa shape index (κ2) is 11.7. The van der Waals surface area contributed by atoms with Crippen LogP contribution in [0.3, 0.4) is 0 Å². The van der Waals surface area contributed by atoms with Crippen LogP contribution < -0.4 is 0 Å². The van der Waals surface area contributed by atoms with Gasteiger partial charge < -0.3 is 4.40 Å². The van der Waals surface area contributed by atoms with E-state index < -0.39 is 0 Å². The van der Waals surface area contributed by atoms with Crippen molar-refractivity contribution in [3.05, 3.63) is 188 Å². The number of aromatic nitrogens is 5. The van der Waals surface area contributed by atoms with Gasteiger partial charge in [0.2, 0.25) is 5.95 Å². The molecular formula is C57H31N5. The van der Waals surface area contributed by atoms with Gasteiger partial charge in [0.05, 0.1) is 27.6 Å². The summed E-state index contributed by atoms with van der Waals surface area (Å²) in [6, 6.07) is 68.4. The van der Waals surface area contributed by atoms with Crippen molar-refractivity contribution in [2.24, 2.45) is 0 Å². The third kappa shape index (κ3) is 4.19. The Balaban J connectivity index is 1.07. The number of benzene rings is 11. The Morgan fingerprint density at radius 3 is 1.60 bits per heavy atom. The molecule has 0 aliphatic heterocycles. The van der Waals surface area contributed by atoms with E-state index >= 15 is 0 Å². The molecule has 0 unspecified atom stereocenters. The minimum absolute atomic E-state index is 0.589. The molecule has 0 saturated carbocycles. The number of hydrogen-bond donors (Lipinski definition) is 0. The zero-order valence-corrected chi connectivity index (χ0v) is 33.1. The van der Waals surface area contributed by atoms with Crippen LogP contribution >= 0.6 is 0 Å². The van der Waals surface area contributed by atoms with Crippen LogP contribution in [-0.2, 0) is 0 Å². The zero-order chi connectivity index (χ0) is 40.2. The second-order valence-electron chi connectivity index (χ2n) is 16.8. The number of para-hydroxylation sites is 1. The van der Waals surface area contributed by atoms with E-state index in [1.165, 1.54) is 97.3 Å². The number of nitrogens with zero attached hydrogens (tertiary/aromatic N) is 5. The first-order valence-electron chi connectivity index (χ1n) is 21.2. The van der Waals surface area contributed by atoms with Crippen molar-refractivity contribution in [2.45, 2.75) is 0 Å². The highest BCUT2D eigenvalue weighted by atomic mass is 15.2. The lowest BCUT2D eigenvalue weighted by Crippen LogP contribution is -2.06. The van der Waals surface area contributed by atoms with E-state index in [0.29, 0.717) is 17.6 Å². The molecule has 0 atom stereocenters. The molecule has 0 spiro atoms. The highest BCUT2D eigenvalue weighted by Crippen LogP contribution is 2.47. The van der Waals surface area contributed by atoms with Gasteiger partial charge in [-0.25, -0.2) is 4.98 Å². The average molecular weight is 786 g/mol. The van der Waals surface area contributed by atoms with Gasteiger partial charge in [0.1, 0.15) is 0 Å². The second-order valence-corrected chi connectivity index (χ2v) is 16.8. The Labute approximate surface area is 353 Å². The van der Waals surface area contributed by atoms with Gasteiger partial charge in [-0.3, -0.25) is 4.57 Å². The first-order valence-corrected chi connectivity index (χ1v) is 21.2. The molecule has 62 heavy (non-hydrogen) atoms. The molecule has 0 amide bonds. The van der Waals surface area contributed by atoms with E-state index in [9.17, 15) is 0 Å². The Bertz CT molecular complexity index is 4400. The van der Waals surface area contributed by atoms with Gasteiger partial charge in [-0.2, -0.15) is 9.97 Å². The van der Waals surface area contributed by atoms with Crippen LogP contribution in [0.25, 0.3) is 142 Å². The fourth-order valence-electron chi connectivity index (χ4n) is 10.9. The Kier molecular flexibility index (Phi) is 6.10. The lowest BCUT2D eigenvalue weighted by molar-refractivity contribution is 0.954. The molecule has 5 nitrogen and oxygen atoms in total. The Morgan fingerprint density at radius 2 is 0.806 bits per heavy atom. The summed E-state index contributed by atoms with van der Waals surface area (Å²) in [4.78, 5) is 16.3. The Morgan fingerprint density at radius 1 is 0.290 bits per heavy atom. The van der Waals surface area contributed by atoms with Crippen LogP contribution in [0.2, 0.25) is 0 Å². The molecule has 5 heteroatoms.